The van der Waals surface area contributed by atoms with Gasteiger partial charge in [0.2, 0.25) is 5.91 Å². The number of carboxylic acid groups (broad SMARTS) is 1. The summed E-state index contributed by atoms with van der Waals surface area (Å²) in [6.45, 7) is 0.847. The van der Waals surface area contributed by atoms with Crippen LogP contribution in [0.1, 0.15) is 18.4 Å². The minimum Gasteiger partial charge on any atom is -0.496 e. The normalized spacial score (nSPS) is 18.6. The second-order valence-electron chi connectivity index (χ2n) is 4.95. The Labute approximate surface area is 123 Å². The minimum atomic E-state index is -0.855. The van der Waals surface area contributed by atoms with Gasteiger partial charge in [0.25, 0.3) is 0 Å². The van der Waals surface area contributed by atoms with Crippen molar-refractivity contribution in [1.29, 1.82) is 0 Å². The Morgan fingerprint density at radius 3 is 2.95 bits per heavy atom. The van der Waals surface area contributed by atoms with Gasteiger partial charge >= 0.3 is 5.97 Å². The van der Waals surface area contributed by atoms with Crippen molar-refractivity contribution in [1.82, 2.24) is 4.90 Å². The average molecular weight is 293 g/mol. The number of carboxylic acids is 1. The highest BCUT2D eigenvalue weighted by atomic mass is 16.5. The Morgan fingerprint density at radius 1 is 1.48 bits per heavy atom. The summed E-state index contributed by atoms with van der Waals surface area (Å²) in [5.74, 6) is -0.210. The minimum absolute atomic E-state index is 0.000561. The summed E-state index contributed by atoms with van der Waals surface area (Å²) in [7, 11) is 1.59. The van der Waals surface area contributed by atoms with Crippen LogP contribution in [0, 0.1) is 0 Å². The van der Waals surface area contributed by atoms with Gasteiger partial charge in [0.15, 0.2) is 0 Å². The topological polar surface area (TPSA) is 76.1 Å². The fraction of sp³-hybridized carbons (Fsp3) is 0.467. The molecule has 21 heavy (non-hydrogen) atoms. The highest BCUT2D eigenvalue weighted by Gasteiger charge is 2.27. The monoisotopic (exact) mass is 293 g/mol. The maximum atomic E-state index is 11.9. The molecule has 1 unspecified atom stereocenters. The summed E-state index contributed by atoms with van der Waals surface area (Å²) in [6, 6.07) is 7.53. The van der Waals surface area contributed by atoms with E-state index in [-0.39, 0.29) is 25.0 Å². The lowest BCUT2D eigenvalue weighted by atomic mass is 10.1. The molecule has 0 bridgehead atoms. The van der Waals surface area contributed by atoms with E-state index in [2.05, 4.69) is 0 Å². The van der Waals surface area contributed by atoms with Gasteiger partial charge in [-0.1, -0.05) is 18.2 Å². The first-order valence-electron chi connectivity index (χ1n) is 6.83. The number of hydrogen-bond donors (Lipinski definition) is 1. The number of ether oxygens (including phenoxy) is 2. The fourth-order valence-corrected chi connectivity index (χ4v) is 2.33. The quantitative estimate of drug-likeness (QED) is 0.855. The molecular formula is C15H19NO5. The van der Waals surface area contributed by atoms with Crippen molar-refractivity contribution < 1.29 is 24.2 Å². The first-order valence-corrected chi connectivity index (χ1v) is 6.83. The van der Waals surface area contributed by atoms with E-state index < -0.39 is 5.97 Å². The Hall–Kier alpha value is -2.08. The fourth-order valence-electron chi connectivity index (χ4n) is 2.33. The van der Waals surface area contributed by atoms with E-state index in [1.165, 1.54) is 0 Å². The van der Waals surface area contributed by atoms with Crippen LogP contribution in [0.5, 0.6) is 5.75 Å². The number of nitrogens with zero attached hydrogens (tertiary/aromatic N) is 1. The van der Waals surface area contributed by atoms with Crippen LogP contribution in [0.2, 0.25) is 0 Å². The van der Waals surface area contributed by atoms with Gasteiger partial charge in [0.1, 0.15) is 12.4 Å². The smallest absolute Gasteiger partial charge is 0.303 e. The highest BCUT2D eigenvalue weighted by molar-refractivity contribution is 5.78. The van der Waals surface area contributed by atoms with Crippen LogP contribution in [0.15, 0.2) is 24.3 Å². The summed E-state index contributed by atoms with van der Waals surface area (Å²) >= 11 is 0. The van der Waals surface area contributed by atoms with Gasteiger partial charge in [-0.2, -0.15) is 0 Å². The van der Waals surface area contributed by atoms with Crippen molar-refractivity contribution in [3.05, 3.63) is 29.8 Å². The third-order valence-electron chi connectivity index (χ3n) is 3.45. The predicted octanol–water partition coefficient (Wildman–Crippen LogP) is 1.29. The Morgan fingerprint density at radius 2 is 2.24 bits per heavy atom. The molecule has 2 rings (SSSR count). The van der Waals surface area contributed by atoms with Crippen LogP contribution in [0.4, 0.5) is 0 Å². The Balaban J connectivity index is 2.00. The molecule has 6 nitrogen and oxygen atoms in total. The molecule has 0 aliphatic carbocycles. The molecule has 1 fully saturated rings. The van der Waals surface area contributed by atoms with Gasteiger partial charge in [0.05, 0.1) is 13.2 Å². The lowest BCUT2D eigenvalue weighted by Crippen LogP contribution is -2.46. The van der Waals surface area contributed by atoms with E-state index in [1.54, 1.807) is 12.0 Å². The number of rotatable bonds is 6. The molecule has 0 saturated carbocycles. The van der Waals surface area contributed by atoms with E-state index in [4.69, 9.17) is 14.6 Å². The Kier molecular flexibility index (Phi) is 5.16. The van der Waals surface area contributed by atoms with Crippen molar-refractivity contribution in [3.8, 4) is 5.75 Å². The van der Waals surface area contributed by atoms with E-state index >= 15 is 0 Å². The molecule has 1 heterocycles. The van der Waals surface area contributed by atoms with Gasteiger partial charge in [-0.05, 0) is 12.5 Å². The Bertz CT molecular complexity index is 517. The first-order chi connectivity index (χ1) is 10.1. The molecular weight excluding hydrogens is 274 g/mol. The summed E-state index contributed by atoms with van der Waals surface area (Å²) in [6.07, 6.45) is 0.223. The van der Waals surface area contributed by atoms with Gasteiger partial charge in [-0.15, -0.1) is 0 Å². The SMILES string of the molecule is COc1ccccc1CN1CC(CCC(=O)O)OCC1=O. The maximum absolute atomic E-state index is 11.9. The van der Waals surface area contributed by atoms with Crippen LogP contribution < -0.4 is 4.74 Å². The summed E-state index contributed by atoms with van der Waals surface area (Å²) in [5, 5.41) is 8.71. The first kappa shape index (κ1) is 15.3. The van der Waals surface area contributed by atoms with Crippen LogP contribution in [-0.2, 0) is 20.9 Å². The lowest BCUT2D eigenvalue weighted by Gasteiger charge is -2.33. The molecule has 1 aliphatic rings. The molecule has 114 valence electrons. The molecule has 1 saturated heterocycles. The van der Waals surface area contributed by atoms with Gasteiger partial charge < -0.3 is 19.5 Å². The molecule has 1 N–H and O–H groups in total. The van der Waals surface area contributed by atoms with Crippen LogP contribution in [0.25, 0.3) is 0 Å². The van der Waals surface area contributed by atoms with Crippen LogP contribution in [-0.4, -0.2) is 48.2 Å². The van der Waals surface area contributed by atoms with Crippen molar-refractivity contribution in [2.75, 3.05) is 20.3 Å². The molecule has 0 aromatic heterocycles. The number of amides is 1. The van der Waals surface area contributed by atoms with Crippen molar-refractivity contribution in [3.63, 3.8) is 0 Å². The van der Waals surface area contributed by atoms with Gasteiger partial charge in [0, 0.05) is 25.1 Å². The number of benzene rings is 1. The van der Waals surface area contributed by atoms with Gasteiger partial charge in [-0.3, -0.25) is 9.59 Å². The van der Waals surface area contributed by atoms with E-state index in [0.717, 1.165) is 11.3 Å². The van der Waals surface area contributed by atoms with E-state index in [9.17, 15) is 9.59 Å². The third-order valence-corrected chi connectivity index (χ3v) is 3.45. The van der Waals surface area contributed by atoms with Gasteiger partial charge in [-0.25, -0.2) is 0 Å². The standard InChI is InChI=1S/C15H19NO5/c1-20-13-5-3-2-4-11(13)8-16-9-12(6-7-15(18)19)21-10-14(16)17/h2-5,12H,6-10H2,1H3,(H,18,19). The van der Waals surface area contributed by atoms with E-state index in [0.29, 0.717) is 19.5 Å². The third kappa shape index (κ3) is 4.19. The summed E-state index contributed by atoms with van der Waals surface area (Å²) < 4.78 is 10.7. The number of para-hydroxylation sites is 1. The highest BCUT2D eigenvalue weighted by Crippen LogP contribution is 2.21. The predicted molar refractivity (Wildman–Crippen MR) is 75.0 cm³/mol. The molecule has 0 radical (unpaired) electrons. The zero-order valence-electron chi connectivity index (χ0n) is 11.9. The summed E-state index contributed by atoms with van der Waals surface area (Å²) in [5.41, 5.74) is 0.923. The second kappa shape index (κ2) is 7.08. The van der Waals surface area contributed by atoms with Crippen LogP contribution in [0.3, 0.4) is 0 Å². The zero-order valence-corrected chi connectivity index (χ0v) is 11.9. The zero-order chi connectivity index (χ0) is 15.2. The molecule has 1 aromatic rings. The molecule has 6 heteroatoms. The molecule has 1 amide bonds. The number of aliphatic carboxylic acids is 1. The molecule has 1 aromatic carbocycles. The number of carbonyl (C=O) groups excluding carboxylic acids is 1. The second-order valence-corrected chi connectivity index (χ2v) is 4.95. The van der Waals surface area contributed by atoms with Crippen molar-refractivity contribution in [2.45, 2.75) is 25.5 Å². The van der Waals surface area contributed by atoms with Crippen molar-refractivity contribution in [2.24, 2.45) is 0 Å². The maximum Gasteiger partial charge on any atom is 0.303 e. The molecule has 1 aliphatic heterocycles. The van der Waals surface area contributed by atoms with Crippen molar-refractivity contribution >= 4 is 11.9 Å². The van der Waals surface area contributed by atoms with E-state index in [1.807, 2.05) is 24.3 Å². The summed E-state index contributed by atoms with van der Waals surface area (Å²) in [4.78, 5) is 24.2. The average Bonchev–Trinajstić information content (AvgIpc) is 2.48. The molecule has 0 spiro atoms. The number of methoxy groups -OCH3 is 1. The van der Waals surface area contributed by atoms with Crippen LogP contribution >= 0.6 is 0 Å². The number of hydrogen-bond acceptors (Lipinski definition) is 4. The lowest BCUT2D eigenvalue weighted by molar-refractivity contribution is -0.151. The number of carbonyl (C=O) groups is 2. The largest absolute Gasteiger partial charge is 0.496 e. The number of morpholine rings is 1. The molecule has 1 atom stereocenters.